The largest absolute Gasteiger partial charge is 0.307 e. The van der Waals surface area contributed by atoms with Gasteiger partial charge in [0.05, 0.1) is 29.3 Å². The fourth-order valence-corrected chi connectivity index (χ4v) is 2.45. The molecule has 1 atom stereocenters. The third kappa shape index (κ3) is 2.06. The van der Waals surface area contributed by atoms with Crippen molar-refractivity contribution in [1.29, 1.82) is 0 Å². The highest BCUT2D eigenvalue weighted by Gasteiger charge is 2.22. The second-order valence-corrected chi connectivity index (χ2v) is 4.58. The fraction of sp³-hybridized carbons (Fsp3) is 0.538. The van der Waals surface area contributed by atoms with Crippen LogP contribution in [0.1, 0.15) is 35.6 Å². The molecule has 1 N–H and O–H groups in total. The van der Waals surface area contributed by atoms with Crippen molar-refractivity contribution >= 4 is 0 Å². The molecule has 2 heterocycles. The van der Waals surface area contributed by atoms with Crippen molar-refractivity contribution in [3.63, 3.8) is 0 Å². The Morgan fingerprint density at radius 3 is 2.61 bits per heavy atom. The van der Waals surface area contributed by atoms with E-state index >= 15 is 0 Å². The first-order chi connectivity index (χ1) is 8.58. The molecule has 0 amide bonds. The minimum Gasteiger partial charge on any atom is -0.307 e. The van der Waals surface area contributed by atoms with Crippen molar-refractivity contribution in [1.82, 2.24) is 24.9 Å². The highest BCUT2D eigenvalue weighted by Crippen LogP contribution is 2.24. The van der Waals surface area contributed by atoms with Gasteiger partial charge in [0.1, 0.15) is 0 Å². The Labute approximate surface area is 108 Å². The van der Waals surface area contributed by atoms with E-state index in [0.29, 0.717) is 0 Å². The van der Waals surface area contributed by atoms with Gasteiger partial charge < -0.3 is 5.32 Å². The minimum atomic E-state index is 0.124. The van der Waals surface area contributed by atoms with Gasteiger partial charge in [0.25, 0.3) is 0 Å². The van der Waals surface area contributed by atoms with Crippen LogP contribution in [0, 0.1) is 13.8 Å². The average molecular weight is 247 g/mol. The van der Waals surface area contributed by atoms with Crippen LogP contribution in [0.3, 0.4) is 0 Å². The van der Waals surface area contributed by atoms with Crippen molar-refractivity contribution in [2.45, 2.75) is 33.4 Å². The molecule has 5 heteroatoms. The molecule has 0 saturated heterocycles. The van der Waals surface area contributed by atoms with Crippen LogP contribution in [0.25, 0.3) is 0 Å². The van der Waals surface area contributed by atoms with Crippen LogP contribution in [-0.4, -0.2) is 26.6 Å². The van der Waals surface area contributed by atoms with Crippen LogP contribution in [-0.2, 0) is 13.6 Å². The van der Waals surface area contributed by atoms with E-state index in [0.717, 1.165) is 12.2 Å². The van der Waals surface area contributed by atoms with E-state index in [1.54, 1.807) is 0 Å². The Kier molecular flexibility index (Phi) is 3.52. The van der Waals surface area contributed by atoms with Gasteiger partial charge >= 0.3 is 0 Å². The number of nitrogens with one attached hydrogen (secondary N) is 1. The zero-order chi connectivity index (χ0) is 13.3. The number of aromatic nitrogens is 4. The molecule has 98 valence electrons. The van der Waals surface area contributed by atoms with Crippen LogP contribution in [0.15, 0.2) is 12.3 Å². The Bertz CT molecular complexity index is 518. The molecule has 0 aliphatic carbocycles. The van der Waals surface area contributed by atoms with Crippen molar-refractivity contribution in [2.75, 3.05) is 7.05 Å². The smallest absolute Gasteiger partial charge is 0.0919 e. The van der Waals surface area contributed by atoms with Crippen LogP contribution in [0.5, 0.6) is 0 Å². The zero-order valence-corrected chi connectivity index (χ0v) is 11.7. The lowest BCUT2D eigenvalue weighted by Gasteiger charge is -2.19. The Morgan fingerprint density at radius 2 is 2.11 bits per heavy atom. The summed E-state index contributed by atoms with van der Waals surface area (Å²) in [5, 5.41) is 12.2. The normalized spacial score (nSPS) is 12.9. The molecule has 0 saturated carbocycles. The van der Waals surface area contributed by atoms with Gasteiger partial charge in [0.15, 0.2) is 0 Å². The third-order valence-corrected chi connectivity index (χ3v) is 3.27. The molecular formula is C13H21N5. The molecule has 18 heavy (non-hydrogen) atoms. The molecule has 0 aliphatic rings. The summed E-state index contributed by atoms with van der Waals surface area (Å²) >= 11 is 0. The Balaban J connectivity index is 2.51. The van der Waals surface area contributed by atoms with Crippen LogP contribution >= 0.6 is 0 Å². The molecule has 2 aromatic heterocycles. The monoisotopic (exact) mass is 247 g/mol. The van der Waals surface area contributed by atoms with Gasteiger partial charge in [-0.3, -0.25) is 9.36 Å². The van der Waals surface area contributed by atoms with Gasteiger partial charge in [-0.1, -0.05) is 0 Å². The summed E-state index contributed by atoms with van der Waals surface area (Å²) in [4.78, 5) is 0. The summed E-state index contributed by atoms with van der Waals surface area (Å²) in [6, 6.07) is 2.26. The van der Waals surface area contributed by atoms with Crippen molar-refractivity contribution in [2.24, 2.45) is 7.05 Å². The predicted molar refractivity (Wildman–Crippen MR) is 71.5 cm³/mol. The fourth-order valence-electron chi connectivity index (χ4n) is 2.45. The molecule has 5 nitrogen and oxygen atoms in total. The molecule has 2 aromatic rings. The molecule has 0 radical (unpaired) electrons. The lowest BCUT2D eigenvalue weighted by molar-refractivity contribution is 0.532. The van der Waals surface area contributed by atoms with Crippen LogP contribution in [0.4, 0.5) is 0 Å². The molecule has 0 aromatic carbocycles. The summed E-state index contributed by atoms with van der Waals surface area (Å²) in [6.45, 7) is 7.10. The number of hydrogen-bond donors (Lipinski definition) is 1. The summed E-state index contributed by atoms with van der Waals surface area (Å²) in [5.41, 5.74) is 4.61. The van der Waals surface area contributed by atoms with E-state index in [1.165, 1.54) is 17.0 Å². The van der Waals surface area contributed by atoms with Gasteiger partial charge in [0, 0.05) is 13.6 Å². The van der Waals surface area contributed by atoms with Gasteiger partial charge in [-0.2, -0.15) is 10.2 Å². The van der Waals surface area contributed by atoms with Gasteiger partial charge in [-0.25, -0.2) is 0 Å². The van der Waals surface area contributed by atoms with E-state index in [9.17, 15) is 0 Å². The second kappa shape index (κ2) is 4.94. The van der Waals surface area contributed by atoms with E-state index in [1.807, 2.05) is 36.6 Å². The van der Waals surface area contributed by atoms with E-state index in [4.69, 9.17) is 0 Å². The second-order valence-electron chi connectivity index (χ2n) is 4.58. The standard InChI is InChI=1S/C13H21N5/c1-6-18-11(7-10(3)16-18)12(14-4)13-9(2)8-15-17(13)5/h7-8,12,14H,6H2,1-5H3. The summed E-state index contributed by atoms with van der Waals surface area (Å²) in [7, 11) is 3.95. The lowest BCUT2D eigenvalue weighted by atomic mass is 10.1. The number of nitrogens with zero attached hydrogens (tertiary/aromatic N) is 4. The van der Waals surface area contributed by atoms with Crippen molar-refractivity contribution in [3.8, 4) is 0 Å². The Hall–Kier alpha value is -1.62. The first-order valence-electron chi connectivity index (χ1n) is 6.28. The molecule has 0 aliphatic heterocycles. The maximum Gasteiger partial charge on any atom is 0.0919 e. The van der Waals surface area contributed by atoms with Crippen molar-refractivity contribution in [3.05, 3.63) is 34.9 Å². The predicted octanol–water partition coefficient (Wildman–Crippen LogP) is 1.56. The molecule has 1 unspecified atom stereocenters. The average Bonchev–Trinajstić information content (AvgIpc) is 2.87. The molecule has 0 spiro atoms. The summed E-state index contributed by atoms with van der Waals surface area (Å²) in [6.07, 6.45) is 1.90. The first kappa shape index (κ1) is 12.8. The number of aryl methyl sites for hydroxylation is 4. The highest BCUT2D eigenvalue weighted by atomic mass is 15.3. The maximum absolute atomic E-state index is 4.51. The van der Waals surface area contributed by atoms with Crippen LogP contribution in [0.2, 0.25) is 0 Å². The summed E-state index contributed by atoms with van der Waals surface area (Å²) < 4.78 is 3.97. The zero-order valence-electron chi connectivity index (χ0n) is 11.7. The third-order valence-electron chi connectivity index (χ3n) is 3.27. The molecule has 0 bridgehead atoms. The minimum absolute atomic E-state index is 0.124. The van der Waals surface area contributed by atoms with Gasteiger partial charge in [-0.05, 0) is 39.4 Å². The van der Waals surface area contributed by atoms with E-state index in [2.05, 4.69) is 35.4 Å². The van der Waals surface area contributed by atoms with E-state index in [-0.39, 0.29) is 6.04 Å². The summed E-state index contributed by atoms with van der Waals surface area (Å²) in [5.74, 6) is 0. The lowest BCUT2D eigenvalue weighted by Crippen LogP contribution is -2.24. The molecule has 2 rings (SSSR count). The number of hydrogen-bond acceptors (Lipinski definition) is 3. The number of rotatable bonds is 4. The molecule has 0 fully saturated rings. The van der Waals surface area contributed by atoms with Gasteiger partial charge in [0.2, 0.25) is 0 Å². The van der Waals surface area contributed by atoms with Crippen LogP contribution < -0.4 is 5.32 Å². The van der Waals surface area contributed by atoms with E-state index < -0.39 is 0 Å². The SMILES string of the molecule is CCn1nc(C)cc1C(NC)c1c(C)cnn1C. The highest BCUT2D eigenvalue weighted by molar-refractivity contribution is 5.29. The molecular weight excluding hydrogens is 226 g/mol. The maximum atomic E-state index is 4.51. The van der Waals surface area contributed by atoms with Crippen molar-refractivity contribution < 1.29 is 0 Å². The Morgan fingerprint density at radius 1 is 1.39 bits per heavy atom. The van der Waals surface area contributed by atoms with Gasteiger partial charge in [-0.15, -0.1) is 0 Å². The quantitative estimate of drug-likeness (QED) is 0.892. The first-order valence-corrected chi connectivity index (χ1v) is 6.28. The topological polar surface area (TPSA) is 47.7 Å².